The molecule has 0 unspecified atom stereocenters. The van der Waals surface area contributed by atoms with E-state index in [1.54, 1.807) is 0 Å². The number of fused-ring (bicyclic) bond motifs is 4. The van der Waals surface area contributed by atoms with Crippen LogP contribution in [0.3, 0.4) is 0 Å². The molecule has 0 saturated heterocycles. The topological polar surface area (TPSA) is 0 Å². The maximum absolute atomic E-state index is 9.18. The van der Waals surface area contributed by atoms with E-state index in [0.717, 1.165) is 32.3 Å². The summed E-state index contributed by atoms with van der Waals surface area (Å²) in [4.78, 5) is 0. The normalized spacial score (nSPS) is 16.6. The van der Waals surface area contributed by atoms with Crippen LogP contribution in [0.15, 0.2) is 121 Å². The van der Waals surface area contributed by atoms with Gasteiger partial charge < -0.3 is 0 Å². The predicted octanol–water partition coefficient (Wildman–Crippen LogP) is 9.71. The molecule has 0 nitrogen and oxygen atoms in total. The SMILES string of the molecule is [2H]c1c([2H])c([2H])c2c(-c3cc4ccc5cccc6ccc(c3)c4c56)c3c(c([2H])c([2H])c4c([2H])c([2H])c([2H])c([2H])c43)c([2H])c2c1[2H]. The van der Waals surface area contributed by atoms with Crippen LogP contribution in [0, 0.1) is 0 Å². The summed E-state index contributed by atoms with van der Waals surface area (Å²) < 4.78 is 96.0. The van der Waals surface area contributed by atoms with Gasteiger partial charge in [-0.15, -0.1) is 0 Å². The van der Waals surface area contributed by atoms with Crippen molar-refractivity contribution in [3.8, 4) is 11.1 Å². The first-order chi connectivity index (χ1) is 21.4. The van der Waals surface area contributed by atoms with Crippen molar-refractivity contribution in [1.29, 1.82) is 0 Å². The predicted molar refractivity (Wildman–Crippen MR) is 148 cm³/mol. The van der Waals surface area contributed by atoms with Gasteiger partial charge in [0.05, 0.1) is 15.1 Å². The minimum atomic E-state index is -0.557. The lowest BCUT2D eigenvalue weighted by atomic mass is 9.86. The monoisotopic (exact) mass is 439 g/mol. The zero-order valence-corrected chi connectivity index (χ0v) is 17.7. The third kappa shape index (κ3) is 2.37. The fourth-order valence-electron chi connectivity index (χ4n) is 5.28. The van der Waals surface area contributed by atoms with E-state index in [0.29, 0.717) is 5.56 Å². The van der Waals surface area contributed by atoms with Crippen molar-refractivity contribution in [3.05, 3.63) is 121 Å². The van der Waals surface area contributed by atoms with E-state index in [1.807, 2.05) is 54.6 Å². The molecule has 8 rings (SSSR count). The van der Waals surface area contributed by atoms with Gasteiger partial charge in [-0.1, -0.05) is 103 Å². The Kier molecular flexibility index (Phi) is 2.06. The van der Waals surface area contributed by atoms with Crippen LogP contribution in [0.2, 0.25) is 0 Å². The lowest BCUT2D eigenvalue weighted by Crippen LogP contribution is -1.89. The fraction of sp³-hybridized carbons (Fsp3) is 0. The van der Waals surface area contributed by atoms with Crippen molar-refractivity contribution < 1.29 is 15.1 Å². The van der Waals surface area contributed by atoms with Crippen LogP contribution in [0.1, 0.15) is 15.1 Å². The van der Waals surface area contributed by atoms with E-state index < -0.39 is 66.5 Å². The molecule has 0 saturated carbocycles. The summed E-state index contributed by atoms with van der Waals surface area (Å²) in [7, 11) is 0. The van der Waals surface area contributed by atoms with Gasteiger partial charge in [-0.05, 0) is 93.9 Å². The van der Waals surface area contributed by atoms with E-state index in [-0.39, 0.29) is 37.9 Å². The Morgan fingerprint density at radius 2 is 1.03 bits per heavy atom. The molecule has 156 valence electrons. The van der Waals surface area contributed by atoms with Gasteiger partial charge in [0.25, 0.3) is 0 Å². The van der Waals surface area contributed by atoms with Crippen LogP contribution >= 0.6 is 0 Å². The van der Waals surface area contributed by atoms with Crippen molar-refractivity contribution in [2.24, 2.45) is 0 Å². The van der Waals surface area contributed by atoms with Crippen LogP contribution in [0.25, 0.3) is 75.8 Å². The lowest BCUT2D eigenvalue weighted by molar-refractivity contribution is 1.73. The molecule has 0 amide bonds. The van der Waals surface area contributed by atoms with Crippen LogP contribution in [0.4, 0.5) is 0 Å². The molecule has 0 aliphatic heterocycles. The minimum Gasteiger partial charge on any atom is -0.0616 e. The molecule has 0 bridgehead atoms. The molecule has 0 atom stereocenters. The number of hydrogen-bond donors (Lipinski definition) is 0. The van der Waals surface area contributed by atoms with Gasteiger partial charge in [-0.25, -0.2) is 0 Å². The molecule has 0 aromatic heterocycles. The van der Waals surface area contributed by atoms with E-state index in [2.05, 4.69) is 0 Å². The molecule has 0 heteroatoms. The number of benzene rings is 8. The van der Waals surface area contributed by atoms with Gasteiger partial charge in [-0.3, -0.25) is 0 Å². The first kappa shape index (κ1) is 10.7. The van der Waals surface area contributed by atoms with Crippen LogP contribution in [0.5, 0.6) is 0 Å². The molecule has 0 fully saturated rings. The Labute approximate surface area is 212 Å². The first-order valence-corrected chi connectivity index (χ1v) is 11.0. The molecular formula is C34H20. The standard InChI is InChI=1S/C34H20/c1-3-10-29-21(6-1)12-15-27-18-24-7-2-4-11-30(24)34(33(27)29)28-19-25-16-13-22-8-5-9-23-14-17-26(20-28)32(25)31(22)23/h1-20H/i1D,2D,3D,4D,6D,7D,10D,11D,12D,15D,18D. The highest BCUT2D eigenvalue weighted by Crippen LogP contribution is 2.43. The minimum absolute atomic E-state index is 0.0113. The summed E-state index contributed by atoms with van der Waals surface area (Å²) in [6.45, 7) is 0. The van der Waals surface area contributed by atoms with Gasteiger partial charge in [-0.2, -0.15) is 0 Å². The average Bonchev–Trinajstić information content (AvgIpc) is 3.04. The van der Waals surface area contributed by atoms with Crippen LogP contribution in [-0.2, 0) is 0 Å². The van der Waals surface area contributed by atoms with E-state index in [4.69, 9.17) is 13.7 Å². The smallest absolute Gasteiger partial charge is 0.0616 e. The molecule has 0 aliphatic carbocycles. The third-order valence-corrected chi connectivity index (χ3v) is 6.69. The largest absolute Gasteiger partial charge is 0.0636 e. The lowest BCUT2D eigenvalue weighted by Gasteiger charge is -2.17. The van der Waals surface area contributed by atoms with Crippen LogP contribution < -0.4 is 0 Å². The highest BCUT2D eigenvalue weighted by molar-refractivity contribution is 6.26. The maximum Gasteiger partial charge on any atom is 0.0636 e. The Bertz CT molecular complexity index is 2600. The second kappa shape index (κ2) is 6.56. The number of hydrogen-bond acceptors (Lipinski definition) is 0. The summed E-state index contributed by atoms with van der Waals surface area (Å²) in [5.41, 5.74) is 0.712. The molecule has 8 aromatic rings. The Morgan fingerprint density at radius 3 is 1.79 bits per heavy atom. The van der Waals surface area contributed by atoms with Gasteiger partial charge in [0.2, 0.25) is 0 Å². The van der Waals surface area contributed by atoms with Crippen molar-refractivity contribution in [1.82, 2.24) is 0 Å². The number of rotatable bonds is 1. The quantitative estimate of drug-likeness (QED) is 0.176. The van der Waals surface area contributed by atoms with E-state index in [1.165, 1.54) is 0 Å². The Hall–Kier alpha value is -4.42. The Balaban J connectivity index is 1.73. The summed E-state index contributed by atoms with van der Waals surface area (Å²) >= 11 is 0. The first-order valence-electron chi connectivity index (χ1n) is 16.5. The molecule has 8 aromatic carbocycles. The van der Waals surface area contributed by atoms with Crippen molar-refractivity contribution in [2.45, 2.75) is 0 Å². The molecule has 0 radical (unpaired) electrons. The molecule has 34 heavy (non-hydrogen) atoms. The van der Waals surface area contributed by atoms with Crippen molar-refractivity contribution >= 4 is 64.6 Å². The molecule has 0 heterocycles. The van der Waals surface area contributed by atoms with Gasteiger partial charge in [0.15, 0.2) is 0 Å². The van der Waals surface area contributed by atoms with Crippen molar-refractivity contribution in [3.63, 3.8) is 0 Å². The summed E-state index contributed by atoms with van der Waals surface area (Å²) in [6.07, 6.45) is 0. The zero-order chi connectivity index (χ0) is 31.8. The zero-order valence-electron chi connectivity index (χ0n) is 28.7. The summed E-state index contributed by atoms with van der Waals surface area (Å²) in [6, 6.07) is 12.4. The van der Waals surface area contributed by atoms with Crippen molar-refractivity contribution in [2.75, 3.05) is 0 Å². The Morgan fingerprint density at radius 1 is 0.441 bits per heavy atom. The second-order valence-corrected chi connectivity index (χ2v) is 8.51. The second-order valence-electron chi connectivity index (χ2n) is 8.51. The van der Waals surface area contributed by atoms with Crippen LogP contribution in [-0.4, -0.2) is 0 Å². The highest BCUT2D eigenvalue weighted by Gasteiger charge is 2.15. The molecule has 0 aliphatic rings. The highest BCUT2D eigenvalue weighted by atomic mass is 14.2. The van der Waals surface area contributed by atoms with E-state index in [9.17, 15) is 1.37 Å². The van der Waals surface area contributed by atoms with Gasteiger partial charge >= 0.3 is 0 Å². The summed E-state index contributed by atoms with van der Waals surface area (Å²) in [5.74, 6) is 0. The molecule has 0 spiro atoms. The molecular weight excluding hydrogens is 408 g/mol. The average molecular weight is 440 g/mol. The van der Waals surface area contributed by atoms with Gasteiger partial charge in [0.1, 0.15) is 0 Å². The van der Waals surface area contributed by atoms with E-state index >= 15 is 0 Å². The summed E-state index contributed by atoms with van der Waals surface area (Å²) in [5, 5.41) is 5.49. The molecule has 0 N–H and O–H groups in total. The fourth-order valence-corrected chi connectivity index (χ4v) is 5.28. The van der Waals surface area contributed by atoms with Gasteiger partial charge in [0, 0.05) is 0 Å². The third-order valence-electron chi connectivity index (χ3n) is 6.69. The maximum atomic E-state index is 9.18.